The Morgan fingerprint density at radius 3 is 2.93 bits per heavy atom. The summed E-state index contributed by atoms with van der Waals surface area (Å²) >= 11 is 5.98. The van der Waals surface area contributed by atoms with Crippen LogP contribution in [0.5, 0.6) is 0 Å². The summed E-state index contributed by atoms with van der Waals surface area (Å²) < 4.78 is 1.54. The van der Waals surface area contributed by atoms with Gasteiger partial charge in [-0.15, -0.1) is 0 Å². The Bertz CT molecular complexity index is 1240. The third-order valence-electron chi connectivity index (χ3n) is 5.61. The molecule has 1 aromatic carbocycles. The van der Waals surface area contributed by atoms with Crippen molar-refractivity contribution in [3.8, 4) is 11.1 Å². The number of aryl methyl sites for hydroxylation is 1. The highest BCUT2D eigenvalue weighted by atomic mass is 35.5. The Morgan fingerprint density at radius 2 is 2.14 bits per heavy atom. The molecule has 0 spiro atoms. The van der Waals surface area contributed by atoms with Crippen molar-refractivity contribution in [1.29, 1.82) is 0 Å². The number of aromatic nitrogens is 5. The zero-order chi connectivity index (χ0) is 20.1. The normalized spacial score (nSPS) is 16.2. The first-order valence-electron chi connectivity index (χ1n) is 9.47. The molecule has 1 atom stereocenters. The number of hydrogen-bond donors (Lipinski definition) is 1. The molecule has 7 nitrogen and oxygen atoms in total. The molecule has 0 fully saturated rings. The van der Waals surface area contributed by atoms with Crippen LogP contribution >= 0.6 is 11.6 Å². The summed E-state index contributed by atoms with van der Waals surface area (Å²) in [7, 11) is 0. The van der Waals surface area contributed by atoms with Crippen LogP contribution in [0.25, 0.3) is 16.8 Å². The van der Waals surface area contributed by atoms with Crippen molar-refractivity contribution >= 4 is 23.2 Å². The molecule has 3 aromatic heterocycles. The molecule has 0 bridgehead atoms. The van der Waals surface area contributed by atoms with E-state index in [9.17, 15) is 4.79 Å². The molecule has 146 valence electrons. The smallest absolute Gasteiger partial charge is 0.274 e. The van der Waals surface area contributed by atoms with Gasteiger partial charge in [0.15, 0.2) is 11.3 Å². The maximum atomic E-state index is 13.2. The molecule has 4 aromatic rings. The lowest BCUT2D eigenvalue weighted by atomic mass is 9.87. The number of rotatable bonds is 2. The van der Waals surface area contributed by atoms with Gasteiger partial charge in [-0.1, -0.05) is 29.8 Å². The van der Waals surface area contributed by atoms with E-state index in [0.717, 1.165) is 23.2 Å². The van der Waals surface area contributed by atoms with Crippen LogP contribution in [0.3, 0.4) is 0 Å². The molecule has 8 heteroatoms. The summed E-state index contributed by atoms with van der Waals surface area (Å²) in [4.78, 5) is 19.3. The van der Waals surface area contributed by atoms with E-state index in [0.29, 0.717) is 22.9 Å². The van der Waals surface area contributed by atoms with Crippen molar-refractivity contribution in [3.63, 3.8) is 0 Å². The van der Waals surface area contributed by atoms with Crippen molar-refractivity contribution in [1.82, 2.24) is 29.7 Å². The van der Waals surface area contributed by atoms with Gasteiger partial charge in [-0.25, -0.2) is 9.50 Å². The fourth-order valence-corrected chi connectivity index (χ4v) is 4.27. The molecule has 5 rings (SSSR count). The molecule has 0 aliphatic carbocycles. The Morgan fingerprint density at radius 1 is 1.28 bits per heavy atom. The van der Waals surface area contributed by atoms with E-state index in [4.69, 9.17) is 11.6 Å². The highest BCUT2D eigenvalue weighted by Gasteiger charge is 2.31. The fraction of sp³-hybridized carbons (Fsp3) is 0.238. The van der Waals surface area contributed by atoms with Gasteiger partial charge in [-0.3, -0.25) is 9.89 Å². The molecule has 1 amide bonds. The van der Waals surface area contributed by atoms with E-state index in [2.05, 4.69) is 39.3 Å². The molecule has 1 aliphatic rings. The Kier molecular flexibility index (Phi) is 4.13. The monoisotopic (exact) mass is 406 g/mol. The summed E-state index contributed by atoms with van der Waals surface area (Å²) in [6.07, 6.45) is 5.84. The van der Waals surface area contributed by atoms with Gasteiger partial charge in [0.25, 0.3) is 5.91 Å². The van der Waals surface area contributed by atoms with E-state index in [1.807, 2.05) is 24.1 Å². The minimum atomic E-state index is -0.102. The fourth-order valence-electron chi connectivity index (χ4n) is 4.13. The van der Waals surface area contributed by atoms with E-state index >= 15 is 0 Å². The zero-order valence-electron chi connectivity index (χ0n) is 16.1. The number of aromatic amines is 1. The minimum absolute atomic E-state index is 0.0558. The van der Waals surface area contributed by atoms with Gasteiger partial charge in [0, 0.05) is 30.1 Å². The molecule has 0 saturated heterocycles. The number of nitrogens with one attached hydrogen (secondary N) is 1. The van der Waals surface area contributed by atoms with Crippen LogP contribution in [0.15, 0.2) is 42.9 Å². The van der Waals surface area contributed by atoms with Gasteiger partial charge >= 0.3 is 0 Å². The molecule has 1 aliphatic heterocycles. The number of halogens is 1. The van der Waals surface area contributed by atoms with Crippen molar-refractivity contribution in [2.24, 2.45) is 0 Å². The molecule has 1 N–H and O–H groups in total. The molecule has 29 heavy (non-hydrogen) atoms. The predicted octanol–water partition coefficient (Wildman–Crippen LogP) is 3.84. The molecule has 0 saturated carbocycles. The van der Waals surface area contributed by atoms with Crippen molar-refractivity contribution in [2.45, 2.75) is 26.3 Å². The highest BCUT2D eigenvalue weighted by Crippen LogP contribution is 2.37. The van der Waals surface area contributed by atoms with Crippen LogP contribution < -0.4 is 0 Å². The van der Waals surface area contributed by atoms with E-state index in [1.165, 1.54) is 15.6 Å². The molecule has 4 heterocycles. The summed E-state index contributed by atoms with van der Waals surface area (Å²) in [6.45, 7) is 4.71. The first-order chi connectivity index (χ1) is 14.0. The summed E-state index contributed by atoms with van der Waals surface area (Å²) in [5.41, 5.74) is 6.74. The molecule has 0 radical (unpaired) electrons. The Balaban J connectivity index is 1.50. The third-order valence-corrected chi connectivity index (χ3v) is 5.81. The second-order valence-electron chi connectivity index (χ2n) is 7.31. The lowest BCUT2D eigenvalue weighted by molar-refractivity contribution is 0.0671. The zero-order valence-corrected chi connectivity index (χ0v) is 16.8. The third kappa shape index (κ3) is 2.89. The summed E-state index contributed by atoms with van der Waals surface area (Å²) in [6, 6.07) is 7.91. The second kappa shape index (κ2) is 6.70. The van der Waals surface area contributed by atoms with E-state index in [-0.39, 0.29) is 11.9 Å². The number of carbonyl (C=O) groups excluding carboxylic acids is 1. The standard InChI is InChI=1S/C21H19ClN6O/c1-12-18(10-24-25-12)16-5-3-4-15-13(2)27(7-6-17(15)16)21(29)19-8-20-23-9-14(22)11-28(20)26-19/h3-5,8-11,13H,6-7H2,1-2H3,(H,24,25). The summed E-state index contributed by atoms with van der Waals surface area (Å²) in [5.74, 6) is -0.102. The molecular formula is C21H19ClN6O. The lowest BCUT2D eigenvalue weighted by Crippen LogP contribution is -2.39. The quantitative estimate of drug-likeness (QED) is 0.548. The van der Waals surface area contributed by atoms with Crippen LogP contribution in [0.1, 0.15) is 40.3 Å². The minimum Gasteiger partial charge on any atom is -0.330 e. The van der Waals surface area contributed by atoms with Gasteiger partial charge in [0.1, 0.15) is 0 Å². The summed E-state index contributed by atoms with van der Waals surface area (Å²) in [5, 5.41) is 12.0. The van der Waals surface area contributed by atoms with Gasteiger partial charge < -0.3 is 4.90 Å². The van der Waals surface area contributed by atoms with Gasteiger partial charge in [-0.05, 0) is 37.0 Å². The average Bonchev–Trinajstić information content (AvgIpc) is 3.33. The number of nitrogens with zero attached hydrogens (tertiary/aromatic N) is 5. The second-order valence-corrected chi connectivity index (χ2v) is 7.75. The van der Waals surface area contributed by atoms with Crippen molar-refractivity contribution in [3.05, 3.63) is 70.4 Å². The van der Waals surface area contributed by atoms with Crippen LogP contribution in [0, 0.1) is 6.92 Å². The number of H-pyrrole nitrogens is 1. The Hall–Kier alpha value is -3.19. The molecule has 1 unspecified atom stereocenters. The SMILES string of the molecule is Cc1[nH]ncc1-c1cccc2c1CCN(C(=O)c1cc3ncc(Cl)cn3n1)C2C. The number of benzene rings is 1. The highest BCUT2D eigenvalue weighted by molar-refractivity contribution is 6.30. The van der Waals surface area contributed by atoms with Crippen molar-refractivity contribution < 1.29 is 4.79 Å². The van der Waals surface area contributed by atoms with Crippen LogP contribution in [0.4, 0.5) is 0 Å². The number of hydrogen-bond acceptors (Lipinski definition) is 4. The number of amides is 1. The number of fused-ring (bicyclic) bond motifs is 2. The first kappa shape index (κ1) is 17.9. The van der Waals surface area contributed by atoms with Gasteiger partial charge in [0.05, 0.1) is 23.5 Å². The van der Waals surface area contributed by atoms with Gasteiger partial charge in [0.2, 0.25) is 0 Å². The lowest BCUT2D eigenvalue weighted by Gasteiger charge is -2.35. The molecular weight excluding hydrogens is 388 g/mol. The van der Waals surface area contributed by atoms with Crippen LogP contribution in [-0.4, -0.2) is 42.1 Å². The number of carbonyl (C=O) groups is 1. The van der Waals surface area contributed by atoms with Crippen LogP contribution in [0.2, 0.25) is 5.02 Å². The van der Waals surface area contributed by atoms with E-state index < -0.39 is 0 Å². The van der Waals surface area contributed by atoms with E-state index in [1.54, 1.807) is 18.5 Å². The van der Waals surface area contributed by atoms with Gasteiger partial charge in [-0.2, -0.15) is 10.2 Å². The topological polar surface area (TPSA) is 79.2 Å². The average molecular weight is 407 g/mol. The maximum Gasteiger partial charge on any atom is 0.274 e. The first-order valence-corrected chi connectivity index (χ1v) is 9.85. The Labute approximate surface area is 172 Å². The van der Waals surface area contributed by atoms with Crippen molar-refractivity contribution in [2.75, 3.05) is 6.54 Å². The predicted molar refractivity (Wildman–Crippen MR) is 110 cm³/mol. The van der Waals surface area contributed by atoms with Crippen LogP contribution in [-0.2, 0) is 6.42 Å². The maximum absolute atomic E-state index is 13.2. The largest absolute Gasteiger partial charge is 0.330 e.